The van der Waals surface area contributed by atoms with Gasteiger partial charge in [0.2, 0.25) is 0 Å². The van der Waals surface area contributed by atoms with Gasteiger partial charge in [-0.05, 0) is 29.5 Å². The summed E-state index contributed by atoms with van der Waals surface area (Å²) >= 11 is 6.07. The molecule has 1 N–H and O–H groups in total. The molecule has 0 saturated heterocycles. The van der Waals surface area contributed by atoms with Crippen molar-refractivity contribution in [2.75, 3.05) is 0 Å². The first-order chi connectivity index (χ1) is 8.59. The molecule has 6 nitrogen and oxygen atoms in total. The number of benzene rings is 1. The van der Waals surface area contributed by atoms with Crippen LogP contribution in [0.1, 0.15) is 19.4 Å². The van der Waals surface area contributed by atoms with Crippen LogP contribution in [0.4, 0.5) is 0 Å². The normalized spacial score (nSPS) is 12.3. The van der Waals surface area contributed by atoms with Gasteiger partial charge in [0.15, 0.2) is 5.82 Å². The number of rotatable bonds is 4. The van der Waals surface area contributed by atoms with Crippen LogP contribution in [0.25, 0.3) is 11.4 Å². The van der Waals surface area contributed by atoms with Gasteiger partial charge in [-0.15, -0.1) is 5.10 Å². The molecular weight excluding hydrogens is 256 g/mol. The third kappa shape index (κ3) is 2.48. The predicted octanol–water partition coefficient (Wildman–Crippen LogP) is 2.03. The number of carboxylic acid groups (broad SMARTS) is 1. The van der Waals surface area contributed by atoms with Crippen LogP contribution >= 0.6 is 11.6 Å². The fraction of sp³-hybridized carbons (Fsp3) is 0.273. The monoisotopic (exact) mass is 266 g/mol. The highest BCUT2D eigenvalue weighted by molar-refractivity contribution is 6.33. The smallest absolute Gasteiger partial charge is 0.305 e. The van der Waals surface area contributed by atoms with Gasteiger partial charge in [0, 0.05) is 5.56 Å². The number of tetrazole rings is 1. The number of carboxylic acids is 1. The minimum absolute atomic E-state index is 0.0531. The van der Waals surface area contributed by atoms with E-state index in [1.165, 1.54) is 4.68 Å². The molecule has 1 heterocycles. The van der Waals surface area contributed by atoms with Crippen LogP contribution in [0, 0.1) is 0 Å². The van der Waals surface area contributed by atoms with E-state index in [4.69, 9.17) is 16.7 Å². The van der Waals surface area contributed by atoms with Crippen LogP contribution < -0.4 is 0 Å². The molecule has 0 amide bonds. The lowest BCUT2D eigenvalue weighted by molar-refractivity contribution is -0.137. The SMILES string of the molecule is CC(CC(=O)O)n1nnnc1-c1ccccc1Cl. The number of nitrogens with zero attached hydrogens (tertiary/aromatic N) is 4. The number of aromatic nitrogens is 4. The maximum absolute atomic E-state index is 10.7. The van der Waals surface area contributed by atoms with Crippen molar-refractivity contribution in [3.05, 3.63) is 29.3 Å². The second-order valence-corrected chi connectivity index (χ2v) is 4.28. The minimum Gasteiger partial charge on any atom is -0.481 e. The van der Waals surface area contributed by atoms with E-state index < -0.39 is 5.97 Å². The molecule has 1 unspecified atom stereocenters. The molecule has 0 aliphatic rings. The second-order valence-electron chi connectivity index (χ2n) is 3.87. The highest BCUT2D eigenvalue weighted by Crippen LogP contribution is 2.27. The third-order valence-electron chi connectivity index (χ3n) is 2.50. The van der Waals surface area contributed by atoms with E-state index in [2.05, 4.69) is 15.5 Å². The van der Waals surface area contributed by atoms with E-state index >= 15 is 0 Å². The molecule has 0 fully saturated rings. The van der Waals surface area contributed by atoms with E-state index in [0.717, 1.165) is 0 Å². The molecule has 0 aliphatic heterocycles. The number of carbonyl (C=O) groups is 1. The van der Waals surface area contributed by atoms with Crippen molar-refractivity contribution in [2.45, 2.75) is 19.4 Å². The molecule has 1 atom stereocenters. The van der Waals surface area contributed by atoms with Crippen molar-refractivity contribution in [2.24, 2.45) is 0 Å². The van der Waals surface area contributed by atoms with Crippen LogP contribution in [0.5, 0.6) is 0 Å². The topological polar surface area (TPSA) is 80.9 Å². The standard InChI is InChI=1S/C11H11ClN4O2/c1-7(6-10(17)18)16-11(13-14-15-16)8-4-2-3-5-9(8)12/h2-5,7H,6H2,1H3,(H,17,18). The zero-order valence-electron chi connectivity index (χ0n) is 9.62. The number of hydrogen-bond donors (Lipinski definition) is 1. The Morgan fingerprint density at radius 1 is 1.50 bits per heavy atom. The zero-order valence-corrected chi connectivity index (χ0v) is 10.4. The number of halogens is 1. The molecule has 0 saturated carbocycles. The molecule has 94 valence electrons. The molecule has 7 heteroatoms. The minimum atomic E-state index is -0.900. The van der Waals surface area contributed by atoms with Crippen molar-refractivity contribution in [3.8, 4) is 11.4 Å². The summed E-state index contributed by atoms with van der Waals surface area (Å²) in [5, 5.41) is 20.6. The largest absolute Gasteiger partial charge is 0.481 e. The Kier molecular flexibility index (Phi) is 3.57. The van der Waals surface area contributed by atoms with Crippen molar-refractivity contribution in [1.82, 2.24) is 20.2 Å². The Balaban J connectivity index is 2.39. The Labute approximate surface area is 108 Å². The van der Waals surface area contributed by atoms with Crippen molar-refractivity contribution in [1.29, 1.82) is 0 Å². The molecule has 18 heavy (non-hydrogen) atoms. The van der Waals surface area contributed by atoms with Crippen LogP contribution in [-0.4, -0.2) is 31.3 Å². The van der Waals surface area contributed by atoms with Gasteiger partial charge >= 0.3 is 5.97 Å². The fourth-order valence-corrected chi connectivity index (χ4v) is 1.87. The lowest BCUT2D eigenvalue weighted by atomic mass is 10.2. The molecule has 1 aromatic heterocycles. The molecular formula is C11H11ClN4O2. The molecule has 0 bridgehead atoms. The lowest BCUT2D eigenvalue weighted by Crippen LogP contribution is -2.13. The van der Waals surface area contributed by atoms with Crippen LogP contribution in [0.3, 0.4) is 0 Å². The maximum atomic E-state index is 10.7. The lowest BCUT2D eigenvalue weighted by Gasteiger charge is -2.11. The average Bonchev–Trinajstić information content (AvgIpc) is 2.77. The third-order valence-corrected chi connectivity index (χ3v) is 2.82. The van der Waals surface area contributed by atoms with Gasteiger partial charge in [0.1, 0.15) is 0 Å². The summed E-state index contributed by atoms with van der Waals surface area (Å²) < 4.78 is 1.47. The van der Waals surface area contributed by atoms with Crippen molar-refractivity contribution < 1.29 is 9.90 Å². The number of aliphatic carboxylic acids is 1. The van der Waals surface area contributed by atoms with E-state index in [0.29, 0.717) is 16.4 Å². The maximum Gasteiger partial charge on any atom is 0.305 e. The molecule has 1 aromatic carbocycles. The predicted molar refractivity (Wildman–Crippen MR) is 65.2 cm³/mol. The quantitative estimate of drug-likeness (QED) is 0.916. The first-order valence-corrected chi connectivity index (χ1v) is 5.72. The summed E-state index contributed by atoms with van der Waals surface area (Å²) in [6, 6.07) is 6.81. The molecule has 0 spiro atoms. The van der Waals surface area contributed by atoms with Crippen molar-refractivity contribution in [3.63, 3.8) is 0 Å². The van der Waals surface area contributed by atoms with Crippen molar-refractivity contribution >= 4 is 17.6 Å². The second kappa shape index (κ2) is 5.14. The highest BCUT2D eigenvalue weighted by Gasteiger charge is 2.18. The highest BCUT2D eigenvalue weighted by atomic mass is 35.5. The van der Waals surface area contributed by atoms with Gasteiger partial charge < -0.3 is 5.11 Å². The van der Waals surface area contributed by atoms with E-state index in [9.17, 15) is 4.79 Å². The summed E-state index contributed by atoms with van der Waals surface area (Å²) in [7, 11) is 0. The summed E-state index contributed by atoms with van der Waals surface area (Å²) in [5.41, 5.74) is 0.682. The summed E-state index contributed by atoms with van der Waals surface area (Å²) in [5.74, 6) is -0.433. The molecule has 0 radical (unpaired) electrons. The Hall–Kier alpha value is -1.95. The average molecular weight is 267 g/mol. The summed E-state index contributed by atoms with van der Waals surface area (Å²) in [4.78, 5) is 10.7. The van der Waals surface area contributed by atoms with Gasteiger partial charge in [-0.3, -0.25) is 4.79 Å². The first-order valence-electron chi connectivity index (χ1n) is 5.34. The van der Waals surface area contributed by atoms with Gasteiger partial charge in [-0.25, -0.2) is 4.68 Å². The Morgan fingerprint density at radius 3 is 2.89 bits per heavy atom. The Morgan fingerprint density at radius 2 is 2.22 bits per heavy atom. The van der Waals surface area contributed by atoms with Crippen LogP contribution in [0.15, 0.2) is 24.3 Å². The molecule has 0 aliphatic carbocycles. The zero-order chi connectivity index (χ0) is 13.1. The molecule has 2 rings (SSSR count). The van der Waals surface area contributed by atoms with E-state index in [1.807, 2.05) is 6.07 Å². The van der Waals surface area contributed by atoms with Gasteiger partial charge in [-0.2, -0.15) is 0 Å². The van der Waals surface area contributed by atoms with Crippen LogP contribution in [-0.2, 0) is 4.79 Å². The van der Waals surface area contributed by atoms with Crippen LogP contribution in [0.2, 0.25) is 5.02 Å². The molecule has 2 aromatic rings. The number of hydrogen-bond acceptors (Lipinski definition) is 4. The summed E-state index contributed by atoms with van der Waals surface area (Å²) in [6.45, 7) is 1.74. The van der Waals surface area contributed by atoms with Gasteiger partial charge in [0.25, 0.3) is 0 Å². The fourth-order valence-electron chi connectivity index (χ4n) is 1.65. The van der Waals surface area contributed by atoms with E-state index in [-0.39, 0.29) is 12.5 Å². The van der Waals surface area contributed by atoms with E-state index in [1.54, 1.807) is 25.1 Å². The first kappa shape index (κ1) is 12.5. The Bertz CT molecular complexity index is 570. The van der Waals surface area contributed by atoms with Gasteiger partial charge in [-0.1, -0.05) is 23.7 Å². The summed E-state index contributed by atoms with van der Waals surface area (Å²) in [6.07, 6.45) is -0.0531. The van der Waals surface area contributed by atoms with Gasteiger partial charge in [0.05, 0.1) is 17.5 Å².